The molecule has 1 aliphatic heterocycles. The molecule has 0 radical (unpaired) electrons. The molecule has 0 aliphatic carbocycles. The van der Waals surface area contributed by atoms with Crippen molar-refractivity contribution in [2.45, 2.75) is 33.0 Å². The molecule has 7 nitrogen and oxygen atoms in total. The molecule has 2 amide bonds. The Morgan fingerprint density at radius 1 is 1.38 bits per heavy atom. The maximum atomic E-state index is 12.3. The van der Waals surface area contributed by atoms with E-state index in [2.05, 4.69) is 5.32 Å². The van der Waals surface area contributed by atoms with Crippen LogP contribution in [0.1, 0.15) is 19.4 Å². The first-order valence-corrected chi connectivity index (χ1v) is 6.84. The van der Waals surface area contributed by atoms with Gasteiger partial charge in [-0.2, -0.15) is 0 Å². The molecule has 1 N–H and O–H groups in total. The van der Waals surface area contributed by atoms with Gasteiger partial charge in [0.25, 0.3) is 5.69 Å². The third-order valence-electron chi connectivity index (χ3n) is 3.45. The van der Waals surface area contributed by atoms with Gasteiger partial charge >= 0.3 is 6.03 Å². The van der Waals surface area contributed by atoms with Crippen LogP contribution in [0.5, 0.6) is 0 Å². The van der Waals surface area contributed by atoms with Crippen molar-refractivity contribution in [3.05, 3.63) is 33.9 Å². The maximum Gasteiger partial charge on any atom is 0.322 e. The Labute approximate surface area is 123 Å². The SMILES string of the molecule is Cc1c(NC(=O)N2C[C@@H](C)O[C@H](C)C2)cccc1[N+](=O)[O-]. The number of rotatable bonds is 2. The fraction of sp³-hybridized carbons (Fsp3) is 0.500. The van der Waals surface area contributed by atoms with Crippen molar-refractivity contribution in [2.75, 3.05) is 18.4 Å². The van der Waals surface area contributed by atoms with Crippen molar-refractivity contribution >= 4 is 17.4 Å². The zero-order chi connectivity index (χ0) is 15.6. The molecule has 1 heterocycles. The van der Waals surface area contributed by atoms with Crippen LogP contribution in [-0.4, -0.2) is 41.2 Å². The summed E-state index contributed by atoms with van der Waals surface area (Å²) in [5.74, 6) is 0. The van der Waals surface area contributed by atoms with Crippen LogP contribution in [-0.2, 0) is 4.74 Å². The van der Waals surface area contributed by atoms with Gasteiger partial charge in [0.05, 0.1) is 28.4 Å². The van der Waals surface area contributed by atoms with E-state index >= 15 is 0 Å². The molecule has 1 fully saturated rings. The van der Waals surface area contributed by atoms with Gasteiger partial charge in [-0.05, 0) is 26.8 Å². The highest BCUT2D eigenvalue weighted by molar-refractivity contribution is 5.90. The van der Waals surface area contributed by atoms with E-state index < -0.39 is 4.92 Å². The lowest BCUT2D eigenvalue weighted by Crippen LogP contribution is -2.49. The largest absolute Gasteiger partial charge is 0.372 e. The zero-order valence-corrected chi connectivity index (χ0v) is 12.3. The van der Waals surface area contributed by atoms with E-state index in [1.165, 1.54) is 6.07 Å². The van der Waals surface area contributed by atoms with E-state index in [-0.39, 0.29) is 23.9 Å². The number of anilines is 1. The molecule has 0 spiro atoms. The first kappa shape index (κ1) is 15.2. The summed E-state index contributed by atoms with van der Waals surface area (Å²) in [6.07, 6.45) is -0.0450. The summed E-state index contributed by atoms with van der Waals surface area (Å²) in [6.45, 7) is 6.45. The van der Waals surface area contributed by atoms with E-state index in [1.54, 1.807) is 24.0 Å². The van der Waals surface area contributed by atoms with Gasteiger partial charge in [-0.25, -0.2) is 4.79 Å². The summed E-state index contributed by atoms with van der Waals surface area (Å²) in [5.41, 5.74) is 0.905. The van der Waals surface area contributed by atoms with Crippen LogP contribution in [0.25, 0.3) is 0 Å². The molecule has 1 saturated heterocycles. The summed E-state index contributed by atoms with van der Waals surface area (Å²) < 4.78 is 5.58. The number of benzene rings is 1. The lowest BCUT2D eigenvalue weighted by Gasteiger charge is -2.35. The molecule has 21 heavy (non-hydrogen) atoms. The number of carbonyl (C=O) groups excluding carboxylic acids is 1. The van der Waals surface area contributed by atoms with Crippen molar-refractivity contribution in [1.29, 1.82) is 0 Å². The van der Waals surface area contributed by atoms with E-state index in [0.717, 1.165) is 0 Å². The number of nitrogens with one attached hydrogen (secondary N) is 1. The standard InChI is InChI=1S/C14H19N3O4/c1-9-7-16(8-10(2)21-9)14(18)15-12-5-4-6-13(11(12)3)17(19)20/h4-6,9-10H,7-8H2,1-3H3,(H,15,18)/t9-,10-/m1/s1. The van der Waals surface area contributed by atoms with Gasteiger partial charge in [0.15, 0.2) is 0 Å². The van der Waals surface area contributed by atoms with Crippen molar-refractivity contribution in [1.82, 2.24) is 4.90 Å². The molecule has 0 aromatic heterocycles. The average molecular weight is 293 g/mol. The third-order valence-corrected chi connectivity index (χ3v) is 3.45. The molecule has 2 atom stereocenters. The molecule has 0 saturated carbocycles. The van der Waals surface area contributed by atoms with Crippen LogP contribution in [0.2, 0.25) is 0 Å². The Hall–Kier alpha value is -2.15. The number of ether oxygens (including phenoxy) is 1. The minimum atomic E-state index is -0.454. The second-order valence-corrected chi connectivity index (χ2v) is 5.30. The molecule has 1 aliphatic rings. The van der Waals surface area contributed by atoms with Gasteiger partial charge < -0.3 is 15.0 Å². The Balaban J connectivity index is 2.13. The Morgan fingerprint density at radius 3 is 2.57 bits per heavy atom. The van der Waals surface area contributed by atoms with Gasteiger partial charge in [-0.15, -0.1) is 0 Å². The molecule has 114 valence electrons. The highest BCUT2D eigenvalue weighted by atomic mass is 16.6. The van der Waals surface area contributed by atoms with Gasteiger partial charge in [0.1, 0.15) is 0 Å². The number of urea groups is 1. The predicted molar refractivity (Wildman–Crippen MR) is 78.4 cm³/mol. The quantitative estimate of drug-likeness (QED) is 0.670. The number of morpholine rings is 1. The summed E-state index contributed by atoms with van der Waals surface area (Å²) in [4.78, 5) is 24.4. The number of amides is 2. The fourth-order valence-corrected chi connectivity index (χ4v) is 2.49. The first-order chi connectivity index (χ1) is 9.88. The van der Waals surface area contributed by atoms with E-state index in [0.29, 0.717) is 24.3 Å². The molecule has 0 bridgehead atoms. The summed E-state index contributed by atoms with van der Waals surface area (Å²) in [7, 11) is 0. The van der Waals surface area contributed by atoms with Gasteiger partial charge in [0, 0.05) is 19.2 Å². The van der Waals surface area contributed by atoms with E-state index in [9.17, 15) is 14.9 Å². The van der Waals surface area contributed by atoms with Gasteiger partial charge in [-0.3, -0.25) is 10.1 Å². The zero-order valence-electron chi connectivity index (χ0n) is 12.3. The van der Waals surface area contributed by atoms with Gasteiger partial charge in [-0.1, -0.05) is 6.07 Å². The summed E-state index contributed by atoms with van der Waals surface area (Å²) in [5, 5.41) is 13.7. The molecular weight excluding hydrogens is 274 g/mol. The monoisotopic (exact) mass is 293 g/mol. The molecule has 7 heteroatoms. The molecule has 1 aromatic rings. The van der Waals surface area contributed by atoms with Gasteiger partial charge in [0.2, 0.25) is 0 Å². The number of nitro groups is 1. The first-order valence-electron chi connectivity index (χ1n) is 6.84. The normalized spacial score (nSPS) is 22.0. The minimum absolute atomic E-state index is 0.00323. The molecule has 2 rings (SSSR count). The third kappa shape index (κ3) is 3.49. The Bertz CT molecular complexity index is 551. The fourth-order valence-electron chi connectivity index (χ4n) is 2.49. The predicted octanol–water partition coefficient (Wildman–Crippen LogP) is 2.54. The van der Waals surface area contributed by atoms with Crippen LogP contribution < -0.4 is 5.32 Å². The summed E-state index contributed by atoms with van der Waals surface area (Å²) >= 11 is 0. The number of carbonyl (C=O) groups is 1. The van der Waals surface area contributed by atoms with Crippen LogP contribution in [0.4, 0.5) is 16.2 Å². The molecular formula is C14H19N3O4. The lowest BCUT2D eigenvalue weighted by atomic mass is 10.1. The van der Waals surface area contributed by atoms with Crippen molar-refractivity contribution in [3.8, 4) is 0 Å². The molecule has 1 aromatic carbocycles. The maximum absolute atomic E-state index is 12.3. The highest BCUT2D eigenvalue weighted by Gasteiger charge is 2.26. The van der Waals surface area contributed by atoms with Crippen LogP contribution >= 0.6 is 0 Å². The summed E-state index contributed by atoms with van der Waals surface area (Å²) in [6, 6.07) is 4.38. The minimum Gasteiger partial charge on any atom is -0.372 e. The van der Waals surface area contributed by atoms with Crippen molar-refractivity contribution in [2.24, 2.45) is 0 Å². The number of nitrogens with zero attached hydrogens (tertiary/aromatic N) is 2. The second-order valence-electron chi connectivity index (χ2n) is 5.30. The number of hydrogen-bond acceptors (Lipinski definition) is 4. The smallest absolute Gasteiger partial charge is 0.322 e. The van der Waals surface area contributed by atoms with E-state index in [1.807, 2.05) is 13.8 Å². The lowest BCUT2D eigenvalue weighted by molar-refractivity contribution is -0.385. The highest BCUT2D eigenvalue weighted by Crippen LogP contribution is 2.25. The second kappa shape index (κ2) is 6.09. The Kier molecular flexibility index (Phi) is 4.42. The number of nitro benzene ring substituents is 1. The van der Waals surface area contributed by atoms with Crippen molar-refractivity contribution in [3.63, 3.8) is 0 Å². The topological polar surface area (TPSA) is 84.7 Å². The Morgan fingerprint density at radius 2 is 2.00 bits per heavy atom. The number of hydrogen-bond donors (Lipinski definition) is 1. The van der Waals surface area contributed by atoms with Crippen LogP contribution in [0.3, 0.4) is 0 Å². The van der Waals surface area contributed by atoms with Crippen molar-refractivity contribution < 1.29 is 14.5 Å². The van der Waals surface area contributed by atoms with Crippen LogP contribution in [0.15, 0.2) is 18.2 Å². The average Bonchev–Trinajstić information content (AvgIpc) is 2.39. The van der Waals surface area contributed by atoms with E-state index in [4.69, 9.17) is 4.74 Å². The molecule has 0 unspecified atom stereocenters. The van der Waals surface area contributed by atoms with Crippen LogP contribution in [0, 0.1) is 17.0 Å².